The Morgan fingerprint density at radius 2 is 2.24 bits per heavy atom. The van der Waals surface area contributed by atoms with Gasteiger partial charge < -0.3 is 10.1 Å². The molecule has 0 radical (unpaired) electrons. The molecule has 0 saturated heterocycles. The monoisotopic (exact) mass is 242 g/mol. The van der Waals surface area contributed by atoms with Crippen LogP contribution >= 0.6 is 0 Å². The highest BCUT2D eigenvalue weighted by Gasteiger charge is 2.16. The number of hydrogen-bond acceptors (Lipinski definition) is 4. The summed E-state index contributed by atoms with van der Waals surface area (Å²) >= 11 is 0. The van der Waals surface area contributed by atoms with Gasteiger partial charge in [0.15, 0.2) is 0 Å². The van der Waals surface area contributed by atoms with Gasteiger partial charge in [0.2, 0.25) is 5.82 Å². The maximum atomic E-state index is 13.6. The summed E-state index contributed by atoms with van der Waals surface area (Å²) in [7, 11) is 1.60. The Morgan fingerprint density at radius 3 is 2.88 bits per heavy atom. The fraction of sp³-hybridized carbons (Fsp3) is 0.455. The third kappa shape index (κ3) is 4.08. The van der Waals surface area contributed by atoms with Crippen LogP contribution in [0.2, 0.25) is 0 Å². The second kappa shape index (κ2) is 6.93. The fourth-order valence-corrected chi connectivity index (χ4v) is 1.42. The van der Waals surface area contributed by atoms with E-state index in [4.69, 9.17) is 4.74 Å². The number of nitro benzene ring substituents is 1. The molecule has 6 heteroatoms. The van der Waals surface area contributed by atoms with Gasteiger partial charge in [0.1, 0.15) is 0 Å². The molecule has 1 aromatic rings. The summed E-state index contributed by atoms with van der Waals surface area (Å²) in [5.74, 6) is -0.744. The minimum absolute atomic E-state index is 0.351. The lowest BCUT2D eigenvalue weighted by Crippen LogP contribution is -2.22. The maximum absolute atomic E-state index is 13.6. The summed E-state index contributed by atoms with van der Waals surface area (Å²) in [6.07, 6.45) is 0.414. The molecule has 1 aromatic carbocycles. The van der Waals surface area contributed by atoms with E-state index in [9.17, 15) is 14.5 Å². The molecule has 0 fully saturated rings. The predicted molar refractivity (Wildman–Crippen MR) is 61.5 cm³/mol. The Kier molecular flexibility index (Phi) is 5.51. The van der Waals surface area contributed by atoms with E-state index in [1.807, 2.05) is 0 Å². The van der Waals surface area contributed by atoms with Crippen LogP contribution in [0.15, 0.2) is 18.2 Å². The van der Waals surface area contributed by atoms with Gasteiger partial charge in [-0.25, -0.2) is 0 Å². The van der Waals surface area contributed by atoms with Gasteiger partial charge in [0, 0.05) is 19.7 Å². The molecular formula is C11H15FN2O3. The Balaban J connectivity index is 2.54. The molecule has 0 saturated carbocycles. The zero-order chi connectivity index (χ0) is 12.7. The predicted octanol–water partition coefficient (Wildman–Crippen LogP) is 1.51. The van der Waals surface area contributed by atoms with Crippen LogP contribution < -0.4 is 5.32 Å². The van der Waals surface area contributed by atoms with Crippen molar-refractivity contribution in [2.45, 2.75) is 6.42 Å². The van der Waals surface area contributed by atoms with Crippen molar-refractivity contribution in [2.24, 2.45) is 0 Å². The highest BCUT2D eigenvalue weighted by Crippen LogP contribution is 2.20. The number of methoxy groups -OCH3 is 1. The fourth-order valence-electron chi connectivity index (χ4n) is 1.42. The molecule has 0 spiro atoms. The van der Waals surface area contributed by atoms with Crippen molar-refractivity contribution in [3.8, 4) is 0 Å². The summed E-state index contributed by atoms with van der Waals surface area (Å²) in [5.41, 5.74) is -0.122. The first-order chi connectivity index (χ1) is 8.16. The zero-order valence-corrected chi connectivity index (χ0v) is 9.61. The van der Waals surface area contributed by atoms with Crippen LogP contribution in [0, 0.1) is 15.9 Å². The number of benzene rings is 1. The molecule has 0 atom stereocenters. The zero-order valence-electron chi connectivity index (χ0n) is 9.61. The topological polar surface area (TPSA) is 64.4 Å². The summed E-state index contributed by atoms with van der Waals surface area (Å²) in [4.78, 5) is 9.81. The average Bonchev–Trinajstić information content (AvgIpc) is 2.30. The number of hydrogen-bond donors (Lipinski definition) is 1. The van der Waals surface area contributed by atoms with E-state index in [0.717, 1.165) is 6.07 Å². The highest BCUT2D eigenvalue weighted by atomic mass is 19.1. The minimum Gasteiger partial charge on any atom is -0.383 e. The lowest BCUT2D eigenvalue weighted by atomic mass is 10.1. The van der Waals surface area contributed by atoms with Crippen LogP contribution in [0.1, 0.15) is 5.56 Å². The molecule has 0 heterocycles. The largest absolute Gasteiger partial charge is 0.383 e. The number of halogens is 1. The van der Waals surface area contributed by atoms with E-state index in [-0.39, 0.29) is 0 Å². The number of nitro groups is 1. The second-order valence-corrected chi connectivity index (χ2v) is 3.50. The lowest BCUT2D eigenvalue weighted by molar-refractivity contribution is -0.387. The van der Waals surface area contributed by atoms with Crippen LogP contribution in [0.25, 0.3) is 0 Å². The van der Waals surface area contributed by atoms with E-state index >= 15 is 0 Å². The first-order valence-electron chi connectivity index (χ1n) is 5.28. The molecule has 1 N–H and O–H groups in total. The molecule has 5 nitrogen and oxygen atoms in total. The van der Waals surface area contributed by atoms with Crippen molar-refractivity contribution in [3.05, 3.63) is 39.7 Å². The van der Waals surface area contributed by atoms with Gasteiger partial charge in [0.25, 0.3) is 0 Å². The smallest absolute Gasteiger partial charge is 0.305 e. The van der Waals surface area contributed by atoms with Crippen molar-refractivity contribution < 1.29 is 14.1 Å². The van der Waals surface area contributed by atoms with Gasteiger partial charge in [-0.15, -0.1) is 0 Å². The van der Waals surface area contributed by atoms with Gasteiger partial charge in [-0.05, 0) is 18.5 Å². The van der Waals surface area contributed by atoms with Gasteiger partial charge >= 0.3 is 5.69 Å². The number of nitrogens with zero attached hydrogens (tertiary/aromatic N) is 1. The SMILES string of the molecule is COCCNCCc1cccc([N+](=O)[O-])c1F. The van der Waals surface area contributed by atoms with E-state index in [1.54, 1.807) is 13.2 Å². The summed E-state index contributed by atoms with van der Waals surface area (Å²) in [5, 5.41) is 13.6. The highest BCUT2D eigenvalue weighted by molar-refractivity contribution is 5.36. The van der Waals surface area contributed by atoms with E-state index in [0.29, 0.717) is 31.7 Å². The normalized spacial score (nSPS) is 10.5. The van der Waals surface area contributed by atoms with Gasteiger partial charge in [-0.2, -0.15) is 4.39 Å². The summed E-state index contributed by atoms with van der Waals surface area (Å²) in [6, 6.07) is 4.21. The molecule has 94 valence electrons. The van der Waals surface area contributed by atoms with Gasteiger partial charge in [-0.1, -0.05) is 12.1 Å². The molecular weight excluding hydrogens is 227 g/mol. The summed E-state index contributed by atoms with van der Waals surface area (Å²) < 4.78 is 18.4. The van der Waals surface area contributed by atoms with Crippen LogP contribution in [0.4, 0.5) is 10.1 Å². The van der Waals surface area contributed by atoms with Crippen molar-refractivity contribution in [1.29, 1.82) is 0 Å². The Morgan fingerprint density at radius 1 is 1.47 bits per heavy atom. The van der Waals surface area contributed by atoms with E-state index in [2.05, 4.69) is 5.32 Å². The Labute approximate surface area is 98.7 Å². The summed E-state index contributed by atoms with van der Waals surface area (Å²) in [6.45, 7) is 1.81. The van der Waals surface area contributed by atoms with E-state index in [1.165, 1.54) is 6.07 Å². The minimum atomic E-state index is -0.744. The molecule has 0 aliphatic carbocycles. The molecule has 0 aromatic heterocycles. The van der Waals surface area contributed by atoms with Gasteiger partial charge in [0.05, 0.1) is 11.5 Å². The van der Waals surface area contributed by atoms with Crippen molar-refractivity contribution in [2.75, 3.05) is 26.8 Å². The maximum Gasteiger partial charge on any atom is 0.305 e. The van der Waals surface area contributed by atoms with Crippen LogP contribution in [-0.2, 0) is 11.2 Å². The first-order valence-corrected chi connectivity index (χ1v) is 5.28. The third-order valence-electron chi connectivity index (χ3n) is 2.31. The van der Waals surface area contributed by atoms with Crippen molar-refractivity contribution in [1.82, 2.24) is 5.32 Å². The standard InChI is InChI=1S/C11H15FN2O3/c1-17-8-7-13-6-5-9-3-2-4-10(11(9)12)14(15)16/h2-4,13H,5-8H2,1H3. The molecule has 0 bridgehead atoms. The average molecular weight is 242 g/mol. The number of rotatable bonds is 7. The number of ether oxygens (including phenoxy) is 1. The van der Waals surface area contributed by atoms with Crippen LogP contribution in [-0.4, -0.2) is 31.7 Å². The van der Waals surface area contributed by atoms with Crippen molar-refractivity contribution in [3.63, 3.8) is 0 Å². The Hall–Kier alpha value is -1.53. The Bertz CT molecular complexity index is 385. The van der Waals surface area contributed by atoms with E-state index < -0.39 is 16.4 Å². The molecule has 1 rings (SSSR count). The molecule has 0 aliphatic heterocycles. The first kappa shape index (κ1) is 13.5. The molecule has 0 unspecified atom stereocenters. The van der Waals surface area contributed by atoms with Gasteiger partial charge in [-0.3, -0.25) is 10.1 Å². The molecule has 0 amide bonds. The van der Waals surface area contributed by atoms with Crippen molar-refractivity contribution >= 4 is 5.69 Å². The number of nitrogens with one attached hydrogen (secondary N) is 1. The third-order valence-corrected chi connectivity index (χ3v) is 2.31. The molecule has 17 heavy (non-hydrogen) atoms. The van der Waals surface area contributed by atoms with Crippen LogP contribution in [0.3, 0.4) is 0 Å². The quantitative estimate of drug-likeness (QED) is 0.447. The second-order valence-electron chi connectivity index (χ2n) is 3.50. The molecule has 0 aliphatic rings. The lowest BCUT2D eigenvalue weighted by Gasteiger charge is -2.05. The van der Waals surface area contributed by atoms with Crippen LogP contribution in [0.5, 0.6) is 0 Å².